The highest BCUT2D eigenvalue weighted by Crippen LogP contribution is 2.18. The molecule has 1 atom stereocenters. The highest BCUT2D eigenvalue weighted by Gasteiger charge is 2.17. The van der Waals surface area contributed by atoms with Crippen LogP contribution in [0.1, 0.15) is 30.1 Å². The smallest absolute Gasteiger partial charge is 0.252 e. The molecular formula is C12H14ClIN2OS. The maximum absolute atomic E-state index is 12.1. The molecule has 0 aliphatic rings. The van der Waals surface area contributed by atoms with Crippen molar-refractivity contribution in [3.63, 3.8) is 0 Å². The van der Waals surface area contributed by atoms with Crippen molar-refractivity contribution in [2.75, 3.05) is 0 Å². The van der Waals surface area contributed by atoms with Gasteiger partial charge in [-0.1, -0.05) is 37.2 Å². The molecule has 6 heteroatoms. The fraction of sp³-hybridized carbons (Fsp3) is 0.333. The van der Waals surface area contributed by atoms with E-state index in [1.807, 2.05) is 6.92 Å². The van der Waals surface area contributed by atoms with Gasteiger partial charge in [0.25, 0.3) is 5.91 Å². The van der Waals surface area contributed by atoms with Crippen LogP contribution >= 0.6 is 46.4 Å². The molecule has 0 aliphatic carbocycles. The van der Waals surface area contributed by atoms with E-state index in [2.05, 4.69) is 27.9 Å². The number of halogens is 2. The Balaban J connectivity index is 2.86. The van der Waals surface area contributed by atoms with E-state index in [1.54, 1.807) is 18.2 Å². The third-order valence-electron chi connectivity index (χ3n) is 2.40. The van der Waals surface area contributed by atoms with Crippen LogP contribution in [0.25, 0.3) is 0 Å². The van der Waals surface area contributed by atoms with E-state index in [4.69, 9.17) is 29.6 Å². The van der Waals surface area contributed by atoms with Gasteiger partial charge in [0.05, 0.1) is 16.6 Å². The summed E-state index contributed by atoms with van der Waals surface area (Å²) >= 11 is 12.9. The van der Waals surface area contributed by atoms with E-state index in [9.17, 15) is 4.79 Å². The Morgan fingerprint density at radius 1 is 1.61 bits per heavy atom. The Hall–Kier alpha value is -0.400. The molecule has 1 amide bonds. The summed E-state index contributed by atoms with van der Waals surface area (Å²) in [7, 11) is 0. The molecule has 0 fully saturated rings. The Morgan fingerprint density at radius 2 is 2.28 bits per heavy atom. The number of rotatable bonds is 5. The SMILES string of the molecule is CCCC(NC(=O)c1cc(Cl)ccc1I)C(N)=S. The predicted octanol–water partition coefficient (Wildman–Crippen LogP) is 3.13. The number of thiocarbonyl (C=S) groups is 1. The molecule has 0 saturated carbocycles. The minimum absolute atomic E-state index is 0.201. The molecule has 0 radical (unpaired) electrons. The molecule has 0 heterocycles. The standard InChI is InChI=1S/C12H14ClIN2OS/c1-2-3-10(11(15)18)16-12(17)8-6-7(13)4-5-9(8)14/h4-6,10H,2-3H2,1H3,(H2,15,18)(H,16,17). The molecule has 0 spiro atoms. The van der Waals surface area contributed by atoms with Crippen LogP contribution in [0.2, 0.25) is 5.02 Å². The molecule has 98 valence electrons. The summed E-state index contributed by atoms with van der Waals surface area (Å²) < 4.78 is 0.840. The van der Waals surface area contributed by atoms with Gasteiger partial charge in [-0.05, 0) is 47.2 Å². The van der Waals surface area contributed by atoms with E-state index >= 15 is 0 Å². The van der Waals surface area contributed by atoms with Crippen LogP contribution in [-0.4, -0.2) is 16.9 Å². The Morgan fingerprint density at radius 3 is 2.83 bits per heavy atom. The fourth-order valence-electron chi connectivity index (χ4n) is 1.48. The molecule has 1 aromatic carbocycles. The predicted molar refractivity (Wildman–Crippen MR) is 87.1 cm³/mol. The van der Waals surface area contributed by atoms with Gasteiger partial charge < -0.3 is 11.1 Å². The number of carbonyl (C=O) groups excluding carboxylic acids is 1. The summed E-state index contributed by atoms with van der Waals surface area (Å²) in [6.07, 6.45) is 1.63. The fourth-order valence-corrected chi connectivity index (χ4v) is 2.41. The van der Waals surface area contributed by atoms with E-state index in [0.717, 1.165) is 16.4 Å². The minimum atomic E-state index is -0.271. The quantitative estimate of drug-likeness (QED) is 0.594. The topological polar surface area (TPSA) is 55.1 Å². The molecule has 1 aromatic rings. The lowest BCUT2D eigenvalue weighted by molar-refractivity contribution is 0.0945. The third-order valence-corrected chi connectivity index (χ3v) is 3.86. The molecule has 1 unspecified atom stereocenters. The lowest BCUT2D eigenvalue weighted by Crippen LogP contribution is -2.43. The first-order chi connectivity index (χ1) is 8.45. The van der Waals surface area contributed by atoms with Crippen LogP contribution in [0.15, 0.2) is 18.2 Å². The second kappa shape index (κ2) is 7.25. The van der Waals surface area contributed by atoms with Crippen LogP contribution in [-0.2, 0) is 0 Å². The van der Waals surface area contributed by atoms with E-state index in [0.29, 0.717) is 15.6 Å². The maximum Gasteiger partial charge on any atom is 0.252 e. The average molecular weight is 397 g/mol. The highest BCUT2D eigenvalue weighted by molar-refractivity contribution is 14.1. The zero-order valence-corrected chi connectivity index (χ0v) is 13.6. The lowest BCUT2D eigenvalue weighted by atomic mass is 10.1. The largest absolute Gasteiger partial charge is 0.392 e. The molecule has 3 N–H and O–H groups in total. The van der Waals surface area contributed by atoms with Crippen LogP contribution in [0, 0.1) is 3.57 Å². The zero-order valence-electron chi connectivity index (χ0n) is 9.87. The minimum Gasteiger partial charge on any atom is -0.392 e. The Bertz CT molecular complexity index is 467. The van der Waals surface area contributed by atoms with Crippen molar-refractivity contribution < 1.29 is 4.79 Å². The molecular weight excluding hydrogens is 383 g/mol. The van der Waals surface area contributed by atoms with E-state index in [1.165, 1.54) is 0 Å². The lowest BCUT2D eigenvalue weighted by Gasteiger charge is -2.17. The number of nitrogens with one attached hydrogen (secondary N) is 1. The first-order valence-corrected chi connectivity index (χ1v) is 7.37. The average Bonchev–Trinajstić information content (AvgIpc) is 2.31. The summed E-state index contributed by atoms with van der Waals surface area (Å²) in [5.74, 6) is -0.201. The molecule has 0 aliphatic heterocycles. The Kier molecular flexibility index (Phi) is 6.31. The molecule has 0 aromatic heterocycles. The van der Waals surface area contributed by atoms with Crippen LogP contribution < -0.4 is 11.1 Å². The molecule has 18 heavy (non-hydrogen) atoms. The van der Waals surface area contributed by atoms with Crippen molar-refractivity contribution in [1.82, 2.24) is 5.32 Å². The van der Waals surface area contributed by atoms with Crippen LogP contribution in [0.3, 0.4) is 0 Å². The molecule has 3 nitrogen and oxygen atoms in total. The number of nitrogens with two attached hydrogens (primary N) is 1. The normalized spacial score (nSPS) is 11.9. The van der Waals surface area contributed by atoms with E-state index in [-0.39, 0.29) is 11.9 Å². The first-order valence-electron chi connectivity index (χ1n) is 5.51. The van der Waals surface area contributed by atoms with Gasteiger partial charge in [0.2, 0.25) is 0 Å². The van der Waals surface area contributed by atoms with Crippen molar-refractivity contribution in [2.24, 2.45) is 5.73 Å². The number of hydrogen-bond acceptors (Lipinski definition) is 2. The first kappa shape index (κ1) is 15.7. The van der Waals surface area contributed by atoms with Gasteiger partial charge in [-0.3, -0.25) is 4.79 Å². The van der Waals surface area contributed by atoms with Gasteiger partial charge in [0.15, 0.2) is 0 Å². The summed E-state index contributed by atoms with van der Waals surface area (Å²) in [6.45, 7) is 2.01. The third kappa shape index (κ3) is 4.37. The van der Waals surface area contributed by atoms with Gasteiger partial charge in [-0.2, -0.15) is 0 Å². The van der Waals surface area contributed by atoms with Gasteiger partial charge in [-0.15, -0.1) is 0 Å². The van der Waals surface area contributed by atoms with Crippen LogP contribution in [0.4, 0.5) is 0 Å². The highest BCUT2D eigenvalue weighted by atomic mass is 127. The summed E-state index contributed by atoms with van der Waals surface area (Å²) in [5.41, 5.74) is 6.15. The molecule has 0 bridgehead atoms. The van der Waals surface area contributed by atoms with Gasteiger partial charge in [0.1, 0.15) is 0 Å². The number of carbonyl (C=O) groups is 1. The van der Waals surface area contributed by atoms with Gasteiger partial charge >= 0.3 is 0 Å². The second-order valence-corrected chi connectivity index (χ2v) is 5.91. The summed E-state index contributed by atoms with van der Waals surface area (Å²) in [6, 6.07) is 4.92. The van der Waals surface area contributed by atoms with Gasteiger partial charge in [0, 0.05) is 8.59 Å². The number of amides is 1. The van der Waals surface area contributed by atoms with Gasteiger partial charge in [-0.25, -0.2) is 0 Å². The number of hydrogen-bond donors (Lipinski definition) is 2. The zero-order chi connectivity index (χ0) is 13.7. The summed E-state index contributed by atoms with van der Waals surface area (Å²) in [4.78, 5) is 12.4. The van der Waals surface area contributed by atoms with Crippen LogP contribution in [0.5, 0.6) is 0 Å². The monoisotopic (exact) mass is 396 g/mol. The van der Waals surface area contributed by atoms with E-state index < -0.39 is 0 Å². The number of benzene rings is 1. The van der Waals surface area contributed by atoms with Crippen molar-refractivity contribution in [3.8, 4) is 0 Å². The van der Waals surface area contributed by atoms with Crippen molar-refractivity contribution in [1.29, 1.82) is 0 Å². The maximum atomic E-state index is 12.1. The van der Waals surface area contributed by atoms with Crippen molar-refractivity contribution in [3.05, 3.63) is 32.4 Å². The Labute approximate surface area is 131 Å². The molecule has 0 saturated heterocycles. The summed E-state index contributed by atoms with van der Waals surface area (Å²) in [5, 5.41) is 3.36. The second-order valence-electron chi connectivity index (χ2n) is 3.84. The molecule has 1 rings (SSSR count). The van der Waals surface area contributed by atoms with Crippen molar-refractivity contribution in [2.45, 2.75) is 25.8 Å². The van der Waals surface area contributed by atoms with Crippen molar-refractivity contribution >= 4 is 57.3 Å².